The maximum atomic E-state index is 11.8. The molecule has 0 aliphatic heterocycles. The van der Waals surface area contributed by atoms with Crippen LogP contribution in [0.15, 0.2) is 432 Å². The van der Waals surface area contributed by atoms with E-state index >= 15 is 0 Å². The average molecular weight is 1510 g/mol. The van der Waals surface area contributed by atoms with Crippen molar-refractivity contribution in [2.75, 3.05) is 14.7 Å². The van der Waals surface area contributed by atoms with Gasteiger partial charge in [0.1, 0.15) is 40.2 Å². The summed E-state index contributed by atoms with van der Waals surface area (Å²) in [6, 6.07) is 133. The third-order valence-electron chi connectivity index (χ3n) is 19.5. The molecule has 0 bridgehead atoms. The summed E-state index contributed by atoms with van der Waals surface area (Å²) >= 11 is 0. The van der Waals surface area contributed by atoms with Gasteiger partial charge in [0, 0.05) is 68.6 Å². The Labute approximate surface area is 674 Å². The number of para-hydroxylation sites is 4. The summed E-state index contributed by atoms with van der Waals surface area (Å²) in [5, 5.41) is 7.59. The van der Waals surface area contributed by atoms with Crippen LogP contribution in [0.3, 0.4) is 0 Å². The maximum Gasteiger partial charge on any atom is 0.338 e. The van der Waals surface area contributed by atoms with Gasteiger partial charge in [-0.05, 0) is 262 Å². The van der Waals surface area contributed by atoms with Crippen LogP contribution in [0.5, 0.6) is 40.2 Å². The molecule has 0 saturated carbocycles. The fourth-order valence-electron chi connectivity index (χ4n) is 13.7. The van der Waals surface area contributed by atoms with Gasteiger partial charge in [-0.2, -0.15) is 0 Å². The lowest BCUT2D eigenvalue weighted by Gasteiger charge is -2.28. The van der Waals surface area contributed by atoms with Crippen molar-refractivity contribution in [3.63, 3.8) is 0 Å². The fourth-order valence-corrected chi connectivity index (χ4v) is 13.7. The highest BCUT2D eigenvalue weighted by Crippen LogP contribution is 2.46. The zero-order chi connectivity index (χ0) is 79.7. The van der Waals surface area contributed by atoms with E-state index in [-0.39, 0.29) is 0 Å². The molecular formula is C105H79N3O8. The van der Waals surface area contributed by atoms with Crippen LogP contribution in [0.4, 0.5) is 51.2 Å². The summed E-state index contributed by atoms with van der Waals surface area (Å²) in [7, 11) is 0. The van der Waals surface area contributed by atoms with Crippen molar-refractivity contribution in [3.8, 4) is 73.6 Å². The molecule has 0 N–H and O–H groups in total. The number of aryl methyl sites for hydroxylation is 1. The zero-order valence-corrected chi connectivity index (χ0v) is 63.9. The van der Waals surface area contributed by atoms with Gasteiger partial charge in [0.25, 0.3) is 0 Å². The molecule has 562 valence electrons. The number of hydrogen-bond acceptors (Lipinski definition) is 11. The first kappa shape index (κ1) is 75.8. The van der Waals surface area contributed by atoms with E-state index < -0.39 is 17.9 Å². The first-order valence-electron chi connectivity index (χ1n) is 37.9. The molecule has 0 aliphatic carbocycles. The number of carbonyl (C=O) groups excluding carboxylic acids is 3. The van der Waals surface area contributed by atoms with Crippen LogP contribution in [0.1, 0.15) is 12.5 Å². The van der Waals surface area contributed by atoms with Crippen LogP contribution in [0.2, 0.25) is 0 Å². The van der Waals surface area contributed by atoms with Gasteiger partial charge in [0.2, 0.25) is 0 Å². The van der Waals surface area contributed by atoms with Gasteiger partial charge >= 0.3 is 17.9 Å². The molecule has 17 aromatic rings. The maximum absolute atomic E-state index is 11.8. The first-order chi connectivity index (χ1) is 56.8. The van der Waals surface area contributed by atoms with E-state index in [4.69, 9.17) is 23.7 Å². The third-order valence-corrected chi connectivity index (χ3v) is 19.5. The van der Waals surface area contributed by atoms with Crippen molar-refractivity contribution in [2.24, 2.45) is 0 Å². The molecule has 11 heteroatoms. The Morgan fingerprint density at radius 3 is 0.905 bits per heavy atom. The Bertz CT molecular complexity index is 6220. The predicted octanol–water partition coefficient (Wildman–Crippen LogP) is 27.9. The van der Waals surface area contributed by atoms with Gasteiger partial charge < -0.3 is 38.4 Å². The van der Waals surface area contributed by atoms with Crippen molar-refractivity contribution < 1.29 is 38.1 Å². The van der Waals surface area contributed by atoms with E-state index in [1.165, 1.54) is 37.9 Å². The number of ether oxygens (including phenoxy) is 5. The number of nitrogens with zero attached hydrogens (tertiary/aromatic N) is 3. The molecule has 0 heterocycles. The summed E-state index contributed by atoms with van der Waals surface area (Å²) in [5.74, 6) is 3.27. The second-order valence-corrected chi connectivity index (χ2v) is 27.4. The Morgan fingerprint density at radius 2 is 0.543 bits per heavy atom. The molecule has 0 saturated heterocycles. The van der Waals surface area contributed by atoms with Crippen molar-refractivity contribution in [1.29, 1.82) is 0 Å². The average Bonchev–Trinajstić information content (AvgIpc) is 0.730. The largest absolute Gasteiger partial charge is 0.457 e. The molecule has 0 aromatic heterocycles. The standard InChI is InChI=1S/C38H27NO2.C34H27NO3.C33H25NO3/c1-3-36(40)41-33-21-13-27(14-22-33)26-11-19-32(20-12-26)39(31-17-7-25(2)8-18-31)35-24-16-30-10-9-28-5-4-6-29-15-23-34(35)38(30)37(28)29;1-25(2)34(36)38-33-21-15-27(16-22-33)26-13-17-29(18-14-26)35(28-9-5-3-6-10-28)30-19-23-32(24-20-30)37-31-11-7-4-8-12-31;1-2-33(35)37-32-21-15-26(16-22-32)25-13-17-28(18-14-25)34(27-9-5-3-6-10-27)29-19-23-31(24-20-29)36-30-11-7-4-8-12-30/h3-24H,1H2,2H3;3-24H,1H2,2H3;2-24H,1H2. The number of esters is 3. The molecule has 11 nitrogen and oxygen atoms in total. The van der Waals surface area contributed by atoms with Gasteiger partial charge in [0.15, 0.2) is 0 Å². The molecule has 116 heavy (non-hydrogen) atoms. The van der Waals surface area contributed by atoms with Gasteiger partial charge in [-0.25, -0.2) is 14.4 Å². The van der Waals surface area contributed by atoms with Crippen LogP contribution in [0, 0.1) is 6.92 Å². The quantitative estimate of drug-likeness (QED) is 0.0280. The summed E-state index contributed by atoms with van der Waals surface area (Å²) < 4.78 is 27.7. The monoisotopic (exact) mass is 1510 g/mol. The SMILES string of the molecule is C=C(C)C(=O)Oc1ccc(-c2ccc(N(c3ccccc3)c3ccc(Oc4ccccc4)cc3)cc2)cc1.C=CC(=O)Oc1ccc(-c2ccc(N(c3ccc(C)cc3)c3ccc4ccc5cccc6ccc3c4c56)cc2)cc1.C=CC(=O)Oc1ccc(-c2ccc(N(c3ccccc3)c3ccc(Oc4ccccc4)cc3)cc2)cc1. The number of carbonyl (C=O) groups is 3. The van der Waals surface area contributed by atoms with Crippen LogP contribution in [-0.4, -0.2) is 17.9 Å². The van der Waals surface area contributed by atoms with E-state index in [2.05, 4.69) is 242 Å². The van der Waals surface area contributed by atoms with Crippen molar-refractivity contribution >= 4 is 101 Å². The van der Waals surface area contributed by atoms with E-state index in [1.54, 1.807) is 43.3 Å². The predicted molar refractivity (Wildman–Crippen MR) is 473 cm³/mol. The Morgan fingerprint density at radius 1 is 0.267 bits per heavy atom. The summed E-state index contributed by atoms with van der Waals surface area (Å²) in [6.07, 6.45) is 2.31. The van der Waals surface area contributed by atoms with Crippen LogP contribution in [-0.2, 0) is 14.4 Å². The van der Waals surface area contributed by atoms with Crippen molar-refractivity contribution in [2.45, 2.75) is 13.8 Å². The van der Waals surface area contributed by atoms with E-state index in [1.807, 2.05) is 158 Å². The Balaban J connectivity index is 0.000000137. The molecule has 0 amide bonds. The molecule has 0 aliphatic rings. The van der Waals surface area contributed by atoms with Gasteiger partial charge in [-0.3, -0.25) is 0 Å². The molecule has 0 spiro atoms. The minimum Gasteiger partial charge on any atom is -0.457 e. The molecule has 0 atom stereocenters. The molecule has 17 rings (SSSR count). The van der Waals surface area contributed by atoms with E-state index in [0.717, 1.165) is 120 Å². The number of anilines is 9. The topological polar surface area (TPSA) is 107 Å². The van der Waals surface area contributed by atoms with Crippen molar-refractivity contribution in [1.82, 2.24) is 0 Å². The lowest BCUT2D eigenvalue weighted by atomic mass is 9.93. The van der Waals surface area contributed by atoms with Crippen molar-refractivity contribution in [3.05, 3.63) is 437 Å². The smallest absolute Gasteiger partial charge is 0.338 e. The van der Waals surface area contributed by atoms with E-state index in [9.17, 15) is 14.4 Å². The number of benzene rings is 17. The van der Waals surface area contributed by atoms with Crippen LogP contribution < -0.4 is 38.4 Å². The highest BCUT2D eigenvalue weighted by molar-refractivity contribution is 6.26. The van der Waals surface area contributed by atoms with Crippen LogP contribution >= 0.6 is 0 Å². The zero-order valence-electron chi connectivity index (χ0n) is 63.9. The first-order valence-corrected chi connectivity index (χ1v) is 37.9. The Hall–Kier alpha value is -15.6. The lowest BCUT2D eigenvalue weighted by molar-refractivity contribution is -0.130. The number of rotatable bonds is 22. The minimum atomic E-state index is -0.474. The lowest BCUT2D eigenvalue weighted by Crippen LogP contribution is -2.10. The Kier molecular flexibility index (Phi) is 23.3. The summed E-state index contributed by atoms with van der Waals surface area (Å²) in [6.45, 7) is 14.2. The highest BCUT2D eigenvalue weighted by atomic mass is 16.5. The van der Waals surface area contributed by atoms with Gasteiger partial charge in [0.05, 0.1) is 5.69 Å². The summed E-state index contributed by atoms with van der Waals surface area (Å²) in [4.78, 5) is 41.5. The molecule has 17 aromatic carbocycles. The van der Waals surface area contributed by atoms with Gasteiger partial charge in [-0.1, -0.05) is 232 Å². The second-order valence-electron chi connectivity index (χ2n) is 27.4. The van der Waals surface area contributed by atoms with Crippen LogP contribution in [0.25, 0.3) is 65.7 Å². The fraction of sp³-hybridized carbons (Fsp3) is 0.0190. The third kappa shape index (κ3) is 18.1. The minimum absolute atomic E-state index is 0.367. The normalized spacial score (nSPS) is 10.7. The highest BCUT2D eigenvalue weighted by Gasteiger charge is 2.21. The molecule has 0 fully saturated rings. The summed E-state index contributed by atoms with van der Waals surface area (Å²) in [5.41, 5.74) is 17.4. The number of hydrogen-bond donors (Lipinski definition) is 0. The molecule has 0 radical (unpaired) electrons. The van der Waals surface area contributed by atoms with Gasteiger partial charge in [-0.15, -0.1) is 0 Å². The second kappa shape index (κ2) is 35.6. The van der Waals surface area contributed by atoms with E-state index in [0.29, 0.717) is 22.8 Å². The molecular weight excluding hydrogens is 1430 g/mol. The molecule has 0 unspecified atom stereocenters.